The van der Waals surface area contributed by atoms with Crippen LogP contribution in [0.25, 0.3) is 0 Å². The van der Waals surface area contributed by atoms with Gasteiger partial charge in [-0.3, -0.25) is 4.79 Å². The van der Waals surface area contributed by atoms with Crippen molar-refractivity contribution in [2.24, 2.45) is 0 Å². The zero-order valence-electron chi connectivity index (χ0n) is 9.21. The summed E-state index contributed by atoms with van der Waals surface area (Å²) in [6.45, 7) is 1.85. The van der Waals surface area contributed by atoms with E-state index in [0.717, 1.165) is 5.56 Å². The van der Waals surface area contributed by atoms with Crippen molar-refractivity contribution in [1.82, 2.24) is 0 Å². The summed E-state index contributed by atoms with van der Waals surface area (Å²) in [5.74, 6) is -0.147. The van der Waals surface area contributed by atoms with Gasteiger partial charge in [-0.15, -0.1) is 0 Å². The van der Waals surface area contributed by atoms with Gasteiger partial charge in [0, 0.05) is 5.02 Å². The van der Waals surface area contributed by atoms with Crippen LogP contribution < -0.4 is 4.74 Å². The number of aliphatic carboxylic acids is 1. The van der Waals surface area contributed by atoms with Gasteiger partial charge in [0.05, 0.1) is 12.5 Å². The summed E-state index contributed by atoms with van der Waals surface area (Å²) in [6.07, 6.45) is 1.29. The maximum absolute atomic E-state index is 11.2. The van der Waals surface area contributed by atoms with Gasteiger partial charge in [0.15, 0.2) is 0 Å². The van der Waals surface area contributed by atoms with Gasteiger partial charge >= 0.3 is 5.97 Å². The molecule has 1 aromatic rings. The predicted molar refractivity (Wildman–Crippen MR) is 61.3 cm³/mol. The number of ether oxygens (including phenoxy) is 1. The molecule has 1 aliphatic carbocycles. The van der Waals surface area contributed by atoms with E-state index in [1.165, 1.54) is 0 Å². The minimum Gasteiger partial charge on any atom is -0.497 e. The van der Waals surface area contributed by atoms with Gasteiger partial charge in [-0.25, -0.2) is 0 Å². The normalized spacial score (nSPS) is 16.9. The molecule has 0 radical (unpaired) electrons. The standard InChI is InChI=1S/C12H13ClO3/c1-7-5-8(16-2)6-9(10(7)13)12(3-4-12)11(14)15/h5-6H,3-4H2,1-2H3,(H,14,15). The van der Waals surface area contributed by atoms with Crippen molar-refractivity contribution < 1.29 is 14.6 Å². The molecule has 0 aromatic heterocycles. The van der Waals surface area contributed by atoms with E-state index in [9.17, 15) is 9.90 Å². The van der Waals surface area contributed by atoms with Crippen LogP contribution in [-0.4, -0.2) is 18.2 Å². The highest BCUT2D eigenvalue weighted by Gasteiger charge is 2.53. The molecule has 2 rings (SSSR count). The van der Waals surface area contributed by atoms with Gasteiger partial charge in [-0.05, 0) is 43.0 Å². The molecule has 0 spiro atoms. The van der Waals surface area contributed by atoms with Crippen LogP contribution in [0.4, 0.5) is 0 Å². The summed E-state index contributed by atoms with van der Waals surface area (Å²) in [7, 11) is 1.56. The second-order valence-electron chi connectivity index (χ2n) is 4.19. The number of hydrogen-bond donors (Lipinski definition) is 1. The Morgan fingerprint density at radius 1 is 1.50 bits per heavy atom. The molecule has 0 atom stereocenters. The van der Waals surface area contributed by atoms with E-state index in [2.05, 4.69) is 0 Å². The molecule has 0 heterocycles. The molecule has 4 heteroatoms. The van der Waals surface area contributed by atoms with Gasteiger partial charge in [0.1, 0.15) is 5.75 Å². The molecule has 0 unspecified atom stereocenters. The minimum atomic E-state index is -0.804. The van der Waals surface area contributed by atoms with Crippen LogP contribution in [-0.2, 0) is 10.2 Å². The molecule has 1 N–H and O–H groups in total. The van der Waals surface area contributed by atoms with E-state index < -0.39 is 11.4 Å². The van der Waals surface area contributed by atoms with Gasteiger partial charge < -0.3 is 9.84 Å². The van der Waals surface area contributed by atoms with Crippen LogP contribution in [0.5, 0.6) is 5.75 Å². The number of hydrogen-bond acceptors (Lipinski definition) is 2. The third-order valence-corrected chi connectivity index (χ3v) is 3.64. The zero-order chi connectivity index (χ0) is 11.9. The third-order valence-electron chi connectivity index (χ3n) is 3.14. The summed E-state index contributed by atoms with van der Waals surface area (Å²) in [6, 6.07) is 3.54. The number of benzene rings is 1. The molecule has 0 bridgehead atoms. The summed E-state index contributed by atoms with van der Waals surface area (Å²) in [4.78, 5) is 11.2. The number of carboxylic acid groups (broad SMARTS) is 1. The topological polar surface area (TPSA) is 46.5 Å². The first-order valence-electron chi connectivity index (χ1n) is 5.09. The lowest BCUT2D eigenvalue weighted by molar-refractivity contribution is -0.140. The molecule has 1 aliphatic rings. The first kappa shape index (κ1) is 11.3. The number of aryl methyl sites for hydroxylation is 1. The summed E-state index contributed by atoms with van der Waals surface area (Å²) in [5, 5.41) is 9.78. The SMILES string of the molecule is COc1cc(C)c(Cl)c(C2(C(=O)O)CC2)c1. The van der Waals surface area contributed by atoms with Crippen molar-refractivity contribution in [2.45, 2.75) is 25.2 Å². The molecule has 1 aromatic carbocycles. The van der Waals surface area contributed by atoms with Gasteiger partial charge in [0.2, 0.25) is 0 Å². The van der Waals surface area contributed by atoms with E-state index in [0.29, 0.717) is 29.2 Å². The van der Waals surface area contributed by atoms with Crippen molar-refractivity contribution in [3.8, 4) is 5.75 Å². The average Bonchev–Trinajstić information content (AvgIpc) is 3.02. The van der Waals surface area contributed by atoms with Crippen molar-refractivity contribution in [2.75, 3.05) is 7.11 Å². The summed E-state index contributed by atoms with van der Waals surface area (Å²) in [5.41, 5.74) is 0.748. The Morgan fingerprint density at radius 2 is 2.12 bits per heavy atom. The van der Waals surface area contributed by atoms with Gasteiger partial charge in [-0.1, -0.05) is 11.6 Å². The van der Waals surface area contributed by atoms with E-state index in [1.807, 2.05) is 13.0 Å². The second-order valence-corrected chi connectivity index (χ2v) is 4.57. The minimum absolute atomic E-state index is 0.542. The molecule has 0 saturated heterocycles. The van der Waals surface area contributed by atoms with Crippen molar-refractivity contribution in [1.29, 1.82) is 0 Å². The molecular formula is C12H13ClO3. The summed E-state index contributed by atoms with van der Waals surface area (Å²) >= 11 is 6.17. The Morgan fingerprint density at radius 3 is 2.56 bits per heavy atom. The lowest BCUT2D eigenvalue weighted by Gasteiger charge is -2.15. The van der Waals surface area contributed by atoms with Gasteiger partial charge in [-0.2, -0.15) is 0 Å². The Kier molecular flexibility index (Phi) is 2.58. The fourth-order valence-electron chi connectivity index (χ4n) is 1.93. The number of halogens is 1. The molecule has 0 aliphatic heterocycles. The third kappa shape index (κ3) is 1.55. The Bertz CT molecular complexity index is 450. The van der Waals surface area contributed by atoms with Crippen LogP contribution in [0.3, 0.4) is 0 Å². The van der Waals surface area contributed by atoms with Crippen molar-refractivity contribution >= 4 is 17.6 Å². The van der Waals surface area contributed by atoms with Crippen LogP contribution >= 0.6 is 11.6 Å². The van der Waals surface area contributed by atoms with Crippen LogP contribution in [0, 0.1) is 6.92 Å². The Balaban J connectivity index is 2.56. The first-order chi connectivity index (χ1) is 7.51. The average molecular weight is 241 g/mol. The predicted octanol–water partition coefficient (Wildman–Crippen LogP) is 2.77. The number of rotatable bonds is 3. The maximum atomic E-state index is 11.2. The molecule has 86 valence electrons. The zero-order valence-corrected chi connectivity index (χ0v) is 9.97. The quantitative estimate of drug-likeness (QED) is 0.884. The van der Waals surface area contributed by atoms with Crippen molar-refractivity contribution in [3.63, 3.8) is 0 Å². The highest BCUT2D eigenvalue weighted by atomic mass is 35.5. The molecule has 1 saturated carbocycles. The van der Waals surface area contributed by atoms with E-state index in [-0.39, 0.29) is 0 Å². The molecular weight excluding hydrogens is 228 g/mol. The number of methoxy groups -OCH3 is 1. The van der Waals surface area contributed by atoms with E-state index in [4.69, 9.17) is 16.3 Å². The Hall–Kier alpha value is -1.22. The van der Waals surface area contributed by atoms with E-state index in [1.54, 1.807) is 13.2 Å². The molecule has 16 heavy (non-hydrogen) atoms. The van der Waals surface area contributed by atoms with Crippen LogP contribution in [0.1, 0.15) is 24.0 Å². The highest BCUT2D eigenvalue weighted by Crippen LogP contribution is 2.52. The van der Waals surface area contributed by atoms with Gasteiger partial charge in [0.25, 0.3) is 0 Å². The smallest absolute Gasteiger partial charge is 0.314 e. The fraction of sp³-hybridized carbons (Fsp3) is 0.417. The molecule has 3 nitrogen and oxygen atoms in total. The largest absolute Gasteiger partial charge is 0.497 e. The maximum Gasteiger partial charge on any atom is 0.314 e. The molecule has 1 fully saturated rings. The number of carboxylic acids is 1. The summed E-state index contributed by atoms with van der Waals surface area (Å²) < 4.78 is 5.14. The van der Waals surface area contributed by atoms with Crippen LogP contribution in [0.15, 0.2) is 12.1 Å². The first-order valence-corrected chi connectivity index (χ1v) is 5.47. The van der Waals surface area contributed by atoms with Crippen molar-refractivity contribution in [3.05, 3.63) is 28.3 Å². The van der Waals surface area contributed by atoms with E-state index >= 15 is 0 Å². The second kappa shape index (κ2) is 3.67. The molecule has 0 amide bonds. The van der Waals surface area contributed by atoms with Crippen LogP contribution in [0.2, 0.25) is 5.02 Å². The Labute approximate surface area is 99.0 Å². The highest BCUT2D eigenvalue weighted by molar-refractivity contribution is 6.32. The lowest BCUT2D eigenvalue weighted by atomic mass is 9.94. The lowest BCUT2D eigenvalue weighted by Crippen LogP contribution is -2.20. The monoisotopic (exact) mass is 240 g/mol. The fourth-order valence-corrected chi connectivity index (χ4v) is 2.22. The number of carbonyl (C=O) groups is 1.